The van der Waals surface area contributed by atoms with Crippen LogP contribution in [0.4, 0.5) is 19.0 Å². The highest BCUT2D eigenvalue weighted by Gasteiger charge is 2.40. The van der Waals surface area contributed by atoms with Gasteiger partial charge in [0.1, 0.15) is 11.6 Å². The number of anilines is 1. The fourth-order valence-corrected chi connectivity index (χ4v) is 5.03. The minimum absolute atomic E-state index is 0.0440. The first-order valence-electron chi connectivity index (χ1n) is 9.37. The van der Waals surface area contributed by atoms with Gasteiger partial charge >= 0.3 is 6.18 Å². The molecule has 0 unspecified atom stereocenters. The zero-order valence-electron chi connectivity index (χ0n) is 16.7. The first-order valence-corrected chi connectivity index (χ1v) is 11.2. The smallest absolute Gasteiger partial charge is 0.354 e. The molecule has 11 heteroatoms. The molecule has 2 aromatic rings. The third kappa shape index (κ3) is 4.70. The Morgan fingerprint density at radius 1 is 1.07 bits per heavy atom. The van der Waals surface area contributed by atoms with E-state index in [9.17, 15) is 21.6 Å². The summed E-state index contributed by atoms with van der Waals surface area (Å²) >= 11 is 5.67. The van der Waals surface area contributed by atoms with E-state index < -0.39 is 26.7 Å². The van der Waals surface area contributed by atoms with E-state index in [1.54, 1.807) is 0 Å². The lowest BCUT2D eigenvalue weighted by molar-refractivity contribution is -0.139. The van der Waals surface area contributed by atoms with Crippen molar-refractivity contribution in [3.63, 3.8) is 0 Å². The Hall–Kier alpha value is -1.91. The number of alkyl halides is 3. The van der Waals surface area contributed by atoms with Crippen molar-refractivity contribution >= 4 is 27.4 Å². The number of piperazine rings is 1. The Labute approximate surface area is 178 Å². The van der Waals surface area contributed by atoms with Crippen molar-refractivity contribution in [1.29, 1.82) is 0 Å². The maximum Gasteiger partial charge on any atom is 0.417 e. The van der Waals surface area contributed by atoms with E-state index >= 15 is 0 Å². The van der Waals surface area contributed by atoms with Crippen molar-refractivity contribution in [3.8, 4) is 0 Å². The first-order chi connectivity index (χ1) is 13.9. The van der Waals surface area contributed by atoms with E-state index in [0.29, 0.717) is 30.8 Å². The van der Waals surface area contributed by atoms with Crippen LogP contribution < -0.4 is 4.90 Å². The summed E-state index contributed by atoms with van der Waals surface area (Å²) < 4.78 is 67.1. The molecule has 164 valence electrons. The van der Waals surface area contributed by atoms with Crippen LogP contribution in [0.15, 0.2) is 29.2 Å². The molecular weight excluding hydrogens is 441 g/mol. The zero-order chi connectivity index (χ0) is 22.3. The quantitative estimate of drug-likeness (QED) is 0.684. The molecule has 0 saturated carbocycles. The maximum atomic E-state index is 13.4. The molecule has 1 aliphatic rings. The van der Waals surface area contributed by atoms with Crippen LogP contribution in [-0.4, -0.2) is 48.9 Å². The van der Waals surface area contributed by atoms with Gasteiger partial charge in [0.05, 0.1) is 10.5 Å². The van der Waals surface area contributed by atoms with Gasteiger partial charge in [-0.1, -0.05) is 25.4 Å². The second-order valence-electron chi connectivity index (χ2n) is 7.41. The highest BCUT2D eigenvalue weighted by atomic mass is 35.5. The van der Waals surface area contributed by atoms with Gasteiger partial charge in [0.2, 0.25) is 10.0 Å². The lowest BCUT2D eigenvalue weighted by Crippen LogP contribution is -2.49. The van der Waals surface area contributed by atoms with E-state index in [0.717, 1.165) is 22.1 Å². The molecule has 0 atom stereocenters. The molecule has 2 heterocycles. The van der Waals surface area contributed by atoms with Crippen molar-refractivity contribution in [3.05, 3.63) is 46.4 Å². The van der Waals surface area contributed by atoms with Gasteiger partial charge in [-0.25, -0.2) is 18.4 Å². The van der Waals surface area contributed by atoms with E-state index in [4.69, 9.17) is 11.6 Å². The first kappa shape index (κ1) is 22.8. The molecule has 0 bridgehead atoms. The number of rotatable bonds is 4. The number of nitrogens with zero attached hydrogens (tertiary/aromatic N) is 4. The Bertz CT molecular complexity index is 1040. The molecule has 0 spiro atoms. The molecule has 1 aromatic carbocycles. The molecule has 30 heavy (non-hydrogen) atoms. The van der Waals surface area contributed by atoms with Gasteiger partial charge in [0, 0.05) is 48.9 Å². The zero-order valence-corrected chi connectivity index (χ0v) is 18.3. The van der Waals surface area contributed by atoms with E-state index in [1.165, 1.54) is 0 Å². The normalized spacial score (nSPS) is 16.3. The van der Waals surface area contributed by atoms with Crippen LogP contribution in [0.25, 0.3) is 0 Å². The van der Waals surface area contributed by atoms with Gasteiger partial charge in [-0.15, -0.1) is 0 Å². The molecule has 1 saturated heterocycles. The highest BCUT2D eigenvalue weighted by Crippen LogP contribution is 2.37. The van der Waals surface area contributed by atoms with Crippen LogP contribution in [-0.2, 0) is 16.2 Å². The summed E-state index contributed by atoms with van der Waals surface area (Å²) in [5.41, 5.74) is -0.458. The number of aromatic nitrogens is 2. The molecule has 0 N–H and O–H groups in total. The average molecular weight is 463 g/mol. The van der Waals surface area contributed by atoms with Gasteiger partial charge in [-0.2, -0.15) is 17.5 Å². The molecule has 6 nitrogen and oxygen atoms in total. The fourth-order valence-electron chi connectivity index (χ4n) is 3.24. The van der Waals surface area contributed by atoms with Crippen molar-refractivity contribution in [2.45, 2.75) is 37.8 Å². The van der Waals surface area contributed by atoms with Crippen LogP contribution in [0.5, 0.6) is 0 Å². The van der Waals surface area contributed by atoms with Crippen molar-refractivity contribution in [2.75, 3.05) is 31.1 Å². The second kappa shape index (κ2) is 8.32. The van der Waals surface area contributed by atoms with Crippen LogP contribution >= 0.6 is 11.6 Å². The number of hydrogen-bond acceptors (Lipinski definition) is 5. The maximum absolute atomic E-state index is 13.4. The minimum Gasteiger partial charge on any atom is -0.354 e. The van der Waals surface area contributed by atoms with Crippen LogP contribution in [0, 0.1) is 6.92 Å². The average Bonchev–Trinajstić information content (AvgIpc) is 2.66. The summed E-state index contributed by atoms with van der Waals surface area (Å²) in [5, 5.41) is -0.175. The monoisotopic (exact) mass is 462 g/mol. The van der Waals surface area contributed by atoms with E-state index in [2.05, 4.69) is 9.97 Å². The van der Waals surface area contributed by atoms with Gasteiger partial charge in [0.15, 0.2) is 0 Å². The SMILES string of the molecule is Cc1cc(N2CCN(S(=O)(=O)c3ccc(Cl)cc3C(F)(F)F)CC2)nc(C(C)C)n1. The predicted molar refractivity (Wildman–Crippen MR) is 108 cm³/mol. The largest absolute Gasteiger partial charge is 0.417 e. The van der Waals surface area contributed by atoms with Crippen molar-refractivity contribution in [2.24, 2.45) is 0 Å². The predicted octanol–water partition coefficient (Wildman–Crippen LogP) is 4.09. The Kier molecular flexibility index (Phi) is 6.31. The molecule has 1 fully saturated rings. The van der Waals surface area contributed by atoms with Gasteiger partial charge in [-0.05, 0) is 25.1 Å². The summed E-state index contributed by atoms with van der Waals surface area (Å²) in [6.07, 6.45) is -4.83. The molecular formula is C19H22ClF3N4O2S. The molecule has 0 amide bonds. The third-order valence-corrected chi connectivity index (χ3v) is 6.99. The number of benzene rings is 1. The van der Waals surface area contributed by atoms with E-state index in [1.807, 2.05) is 31.7 Å². The molecule has 3 rings (SSSR count). The lowest BCUT2D eigenvalue weighted by atomic mass is 10.2. The van der Waals surface area contributed by atoms with Crippen LogP contribution in [0.2, 0.25) is 5.02 Å². The minimum atomic E-state index is -4.83. The topological polar surface area (TPSA) is 66.4 Å². The van der Waals surface area contributed by atoms with Gasteiger partial charge < -0.3 is 4.90 Å². The molecule has 0 radical (unpaired) electrons. The number of hydrogen-bond donors (Lipinski definition) is 0. The summed E-state index contributed by atoms with van der Waals surface area (Å²) in [6.45, 7) is 6.52. The second-order valence-corrected chi connectivity index (χ2v) is 9.75. The van der Waals surface area contributed by atoms with Crippen LogP contribution in [0.3, 0.4) is 0 Å². The summed E-state index contributed by atoms with van der Waals surface area (Å²) in [6, 6.07) is 4.52. The Morgan fingerprint density at radius 2 is 1.70 bits per heavy atom. The molecule has 1 aliphatic heterocycles. The van der Waals surface area contributed by atoms with Crippen molar-refractivity contribution < 1.29 is 21.6 Å². The van der Waals surface area contributed by atoms with Crippen LogP contribution in [0.1, 0.15) is 36.8 Å². The summed E-state index contributed by atoms with van der Waals surface area (Å²) in [7, 11) is -4.33. The van der Waals surface area contributed by atoms with E-state index in [-0.39, 0.29) is 24.0 Å². The number of aryl methyl sites for hydroxylation is 1. The van der Waals surface area contributed by atoms with Gasteiger partial charge in [-0.3, -0.25) is 0 Å². The molecule has 0 aliphatic carbocycles. The van der Waals surface area contributed by atoms with Crippen molar-refractivity contribution in [1.82, 2.24) is 14.3 Å². The Balaban J connectivity index is 1.83. The fraction of sp³-hybridized carbons (Fsp3) is 0.474. The highest BCUT2D eigenvalue weighted by molar-refractivity contribution is 7.89. The summed E-state index contributed by atoms with van der Waals surface area (Å²) in [5.74, 6) is 1.51. The van der Waals surface area contributed by atoms with Gasteiger partial charge in [0.25, 0.3) is 0 Å². The lowest BCUT2D eigenvalue weighted by Gasteiger charge is -2.35. The number of sulfonamides is 1. The standard InChI is InChI=1S/C19H22ClF3N4O2S/c1-12(2)18-24-13(3)10-17(25-18)26-6-8-27(9-7-26)30(28,29)16-5-4-14(20)11-15(16)19(21,22)23/h4-5,10-12H,6-9H2,1-3H3. The summed E-state index contributed by atoms with van der Waals surface area (Å²) in [4.78, 5) is 10.1. The number of halogens is 4. The Morgan fingerprint density at radius 3 is 2.27 bits per heavy atom. The molecule has 1 aromatic heterocycles. The third-order valence-electron chi connectivity index (χ3n) is 4.80.